The van der Waals surface area contributed by atoms with Crippen molar-refractivity contribution in [3.05, 3.63) is 47.3 Å². The van der Waals surface area contributed by atoms with Gasteiger partial charge in [-0.25, -0.2) is 18.4 Å². The van der Waals surface area contributed by atoms with Gasteiger partial charge >= 0.3 is 5.97 Å². The van der Waals surface area contributed by atoms with E-state index in [1.807, 2.05) is 19.9 Å². The number of thioether (sulfide) groups is 1. The highest BCUT2D eigenvalue weighted by molar-refractivity contribution is 8.13. The maximum Gasteiger partial charge on any atom is 0.309 e. The van der Waals surface area contributed by atoms with Gasteiger partial charge in [0.1, 0.15) is 11.7 Å². The molecular weight excluding hydrogens is 567 g/mol. The third-order valence-electron chi connectivity index (χ3n) is 11.4. The summed E-state index contributed by atoms with van der Waals surface area (Å²) in [6, 6.07) is 1.91. The molecule has 5 aliphatic carbocycles. The first-order valence-corrected chi connectivity index (χ1v) is 15.7. The molecule has 2 aromatic heterocycles. The molecule has 2 heterocycles. The first-order valence-electron chi connectivity index (χ1n) is 14.7. The van der Waals surface area contributed by atoms with Crippen molar-refractivity contribution in [1.82, 2.24) is 14.8 Å². The van der Waals surface area contributed by atoms with Crippen LogP contribution in [0.25, 0.3) is 11.8 Å². The van der Waals surface area contributed by atoms with Gasteiger partial charge in [-0.15, -0.1) is 0 Å². The number of rotatable bonds is 5. The molecule has 0 spiro atoms. The monoisotopic (exact) mass is 601 g/mol. The van der Waals surface area contributed by atoms with Crippen LogP contribution in [0, 0.1) is 34.5 Å². The van der Waals surface area contributed by atoms with Crippen molar-refractivity contribution >= 4 is 28.9 Å². The van der Waals surface area contributed by atoms with Crippen LogP contribution in [0.2, 0.25) is 0 Å². The van der Waals surface area contributed by atoms with Crippen molar-refractivity contribution in [2.24, 2.45) is 28.6 Å². The zero-order valence-corrected chi connectivity index (χ0v) is 24.4. The lowest BCUT2D eigenvalue weighted by atomic mass is 9.44. The molecule has 5 aliphatic rings. The van der Waals surface area contributed by atoms with E-state index in [0.717, 1.165) is 16.8 Å². The molecule has 2 aromatic rings. The smallest absolute Gasteiger partial charge is 0.309 e. The summed E-state index contributed by atoms with van der Waals surface area (Å²) in [6.45, 7) is 3.70. The third kappa shape index (κ3) is 3.64. The lowest BCUT2D eigenvalue weighted by Crippen LogP contribution is -2.70. The lowest BCUT2D eigenvalue weighted by molar-refractivity contribution is -0.229. The van der Waals surface area contributed by atoms with Crippen LogP contribution >= 0.6 is 11.8 Å². The molecule has 0 aliphatic heterocycles. The summed E-state index contributed by atoms with van der Waals surface area (Å²) >= 11 is 0.495. The number of nitrogens with zero attached hydrogens (tertiary/aromatic N) is 3. The van der Waals surface area contributed by atoms with Gasteiger partial charge in [-0.3, -0.25) is 9.59 Å². The normalized spacial score (nSPS) is 38.5. The summed E-state index contributed by atoms with van der Waals surface area (Å²) in [5.41, 5.74) is -2.61. The van der Waals surface area contributed by atoms with Crippen molar-refractivity contribution < 1.29 is 32.6 Å². The van der Waals surface area contributed by atoms with Gasteiger partial charge in [0.25, 0.3) is 0 Å². The fourth-order valence-corrected chi connectivity index (χ4v) is 9.74. The van der Waals surface area contributed by atoms with Crippen LogP contribution in [-0.2, 0) is 20.7 Å². The highest BCUT2D eigenvalue weighted by atomic mass is 32.2. The van der Waals surface area contributed by atoms with Crippen molar-refractivity contribution in [1.29, 1.82) is 0 Å². The second-order valence-electron chi connectivity index (χ2n) is 13.2. The number of hydrogen-bond donors (Lipinski definition) is 1. The van der Waals surface area contributed by atoms with Gasteiger partial charge in [-0.2, -0.15) is 9.49 Å². The maximum absolute atomic E-state index is 18.0. The summed E-state index contributed by atoms with van der Waals surface area (Å²) in [4.78, 5) is 30.2. The minimum Gasteiger partial charge on any atom is -0.449 e. The van der Waals surface area contributed by atoms with Crippen LogP contribution in [0.4, 0.5) is 13.2 Å². The highest BCUT2D eigenvalue weighted by Gasteiger charge is 2.76. The summed E-state index contributed by atoms with van der Waals surface area (Å²) in [7, 11) is 0. The van der Waals surface area contributed by atoms with E-state index in [1.165, 1.54) is 12.3 Å². The van der Waals surface area contributed by atoms with Crippen LogP contribution in [0.15, 0.2) is 30.1 Å². The highest BCUT2D eigenvalue weighted by Crippen LogP contribution is 2.71. The van der Waals surface area contributed by atoms with Gasteiger partial charge in [-0.1, -0.05) is 19.4 Å². The van der Waals surface area contributed by atoms with E-state index in [9.17, 15) is 23.5 Å². The van der Waals surface area contributed by atoms with Gasteiger partial charge in [0.15, 0.2) is 5.60 Å². The molecule has 0 amide bonds. The first-order chi connectivity index (χ1) is 20.0. The zero-order valence-electron chi connectivity index (χ0n) is 23.6. The Hall–Kier alpha value is -2.66. The molecule has 224 valence electrons. The zero-order chi connectivity index (χ0) is 29.7. The number of carbonyl (C=O) groups excluding carboxylic acids is 2. The summed E-state index contributed by atoms with van der Waals surface area (Å²) in [6.07, 6.45) is 6.92. The minimum absolute atomic E-state index is 0.0720. The molecule has 1 N–H and O–H groups in total. The largest absolute Gasteiger partial charge is 0.449 e. The van der Waals surface area contributed by atoms with Gasteiger partial charge in [0, 0.05) is 16.7 Å². The number of aromatic nitrogens is 3. The second-order valence-corrected chi connectivity index (χ2v) is 14.1. The number of halogens is 3. The predicted molar refractivity (Wildman–Crippen MR) is 149 cm³/mol. The van der Waals surface area contributed by atoms with Gasteiger partial charge in [0.05, 0.1) is 35.8 Å². The van der Waals surface area contributed by atoms with Crippen molar-refractivity contribution in [3.8, 4) is 5.69 Å². The molecular formula is C31H34F3N3O4S. The predicted octanol–water partition coefficient (Wildman–Crippen LogP) is 5.53. The van der Waals surface area contributed by atoms with E-state index in [0.29, 0.717) is 56.0 Å². The van der Waals surface area contributed by atoms with Crippen LogP contribution < -0.4 is 0 Å². The fourth-order valence-electron chi connectivity index (χ4n) is 9.03. The summed E-state index contributed by atoms with van der Waals surface area (Å²) < 4.78 is 52.6. The molecule has 42 heavy (non-hydrogen) atoms. The molecule has 7 nitrogen and oxygen atoms in total. The van der Waals surface area contributed by atoms with Crippen LogP contribution in [0.1, 0.15) is 70.1 Å². The Morgan fingerprint density at radius 3 is 2.64 bits per heavy atom. The maximum atomic E-state index is 18.0. The van der Waals surface area contributed by atoms with Crippen molar-refractivity contribution in [3.63, 3.8) is 0 Å². The number of carbonyl (C=O) groups is 2. The van der Waals surface area contributed by atoms with Gasteiger partial charge < -0.3 is 9.84 Å². The molecule has 0 aromatic carbocycles. The minimum atomic E-state index is -2.01. The Kier molecular flexibility index (Phi) is 6.31. The molecule has 11 heteroatoms. The van der Waals surface area contributed by atoms with E-state index < -0.39 is 57.2 Å². The Morgan fingerprint density at radius 1 is 1.17 bits per heavy atom. The Labute approximate surface area is 246 Å². The van der Waals surface area contributed by atoms with Crippen LogP contribution in [0.5, 0.6) is 0 Å². The molecule has 0 saturated heterocycles. The standard InChI is InChI=1S/C31H34F3N3O4S/c1-28-12-18-14-36-37(20-6-8-25(33)35-15-20)23(18)11-19(28)5-7-22-21-9-10-30(27(40)42-16-32,41-26(39)17-3-4-17)29(21,2)13-24(38)31(22,28)34/h6,8,11,14-15,17,21-22,24,38H,3-5,7,9-10,12-13,16H2,1-2H3/t21-,22-,24-,28-,29-,30-,31-/m0/s1. The first kappa shape index (κ1) is 28.1. The number of esters is 1. The van der Waals surface area contributed by atoms with Gasteiger partial charge in [-0.05, 0) is 92.8 Å². The van der Waals surface area contributed by atoms with Crippen LogP contribution in [-0.4, -0.2) is 54.3 Å². The lowest BCUT2D eigenvalue weighted by Gasteiger charge is -2.63. The molecule has 0 unspecified atom stereocenters. The number of aliphatic hydroxyl groups excluding tert-OH is 1. The number of alkyl halides is 2. The Bertz CT molecular complexity index is 1490. The fraction of sp³-hybridized carbons (Fsp3) is 0.613. The number of pyridine rings is 1. The molecule has 0 bridgehead atoms. The Morgan fingerprint density at radius 2 is 1.95 bits per heavy atom. The van der Waals surface area contributed by atoms with E-state index in [-0.39, 0.29) is 24.7 Å². The summed E-state index contributed by atoms with van der Waals surface area (Å²) in [5.74, 6) is -2.23. The average molecular weight is 602 g/mol. The molecule has 4 fully saturated rings. The van der Waals surface area contributed by atoms with E-state index in [4.69, 9.17) is 4.74 Å². The topological polar surface area (TPSA) is 94.3 Å². The molecule has 7 rings (SSSR count). The number of aliphatic hydroxyl groups is 1. The number of fused-ring (bicyclic) bond motifs is 6. The summed E-state index contributed by atoms with van der Waals surface area (Å²) in [5, 5.41) is 15.8. The number of allylic oxidation sites excluding steroid dienone is 1. The van der Waals surface area contributed by atoms with E-state index in [2.05, 4.69) is 10.1 Å². The molecule has 4 saturated carbocycles. The SMILES string of the molecule is C[C@]12Cc3cnn(-c4ccc(F)nc4)c3C=C1CC[C@H]1[C@@H]3CC[C@](OC(=O)C4CC4)(C(=O)SCF)[C@@]3(C)C[C@H](O)[C@@]12F. The van der Waals surface area contributed by atoms with Crippen LogP contribution in [0.3, 0.4) is 0 Å². The van der Waals surface area contributed by atoms with E-state index >= 15 is 4.39 Å². The Balaban J connectivity index is 1.26. The third-order valence-corrected chi connectivity index (χ3v) is 12.1. The molecule has 0 radical (unpaired) electrons. The second kappa shape index (κ2) is 9.42. The van der Waals surface area contributed by atoms with E-state index in [1.54, 1.807) is 16.9 Å². The van der Waals surface area contributed by atoms with Crippen molar-refractivity contribution in [2.45, 2.75) is 82.6 Å². The molecule has 7 atom stereocenters. The quantitative estimate of drug-likeness (QED) is 0.356. The average Bonchev–Trinajstić information content (AvgIpc) is 3.67. The number of ether oxygens (including phenoxy) is 1. The van der Waals surface area contributed by atoms with Gasteiger partial charge in [0.2, 0.25) is 11.1 Å². The van der Waals surface area contributed by atoms with Crippen molar-refractivity contribution in [2.75, 3.05) is 6.01 Å². The number of hydrogen-bond acceptors (Lipinski definition) is 7.